The Morgan fingerprint density at radius 2 is 1.86 bits per heavy atom. The summed E-state index contributed by atoms with van der Waals surface area (Å²) < 4.78 is 28.1. The highest BCUT2D eigenvalue weighted by molar-refractivity contribution is 14.1. The van der Waals surface area contributed by atoms with E-state index in [9.17, 15) is 8.42 Å². The maximum absolute atomic E-state index is 12.2. The summed E-state index contributed by atoms with van der Waals surface area (Å²) >= 11 is 2.17. The monoisotopic (exact) mass is 417 g/mol. The third-order valence-corrected chi connectivity index (χ3v) is 4.78. The average molecular weight is 417 g/mol. The second-order valence-electron chi connectivity index (χ2n) is 4.42. The predicted octanol–water partition coefficient (Wildman–Crippen LogP) is 3.31. The van der Waals surface area contributed by atoms with E-state index in [4.69, 9.17) is 0 Å². The van der Waals surface area contributed by atoms with Crippen molar-refractivity contribution in [1.82, 2.24) is 4.98 Å². The van der Waals surface area contributed by atoms with E-state index in [1.165, 1.54) is 6.20 Å². The third-order valence-electron chi connectivity index (χ3n) is 2.70. The normalized spacial score (nSPS) is 11.1. The van der Waals surface area contributed by atoms with Gasteiger partial charge in [-0.3, -0.25) is 4.72 Å². The molecule has 2 rings (SSSR count). The van der Waals surface area contributed by atoms with Crippen molar-refractivity contribution in [3.05, 3.63) is 46.2 Å². The highest BCUT2D eigenvalue weighted by atomic mass is 127. The lowest BCUT2D eigenvalue weighted by atomic mass is 10.3. The summed E-state index contributed by atoms with van der Waals surface area (Å²) in [5, 5.41) is 3.10. The standard InChI is InChI=1S/C14H16IN3O2S/c1-2-9-16-14-8-7-13(10-17-14)21(19,20)18-12-5-3-11(15)4-6-12/h3-8,10,18H,2,9H2,1H3,(H,16,17). The Hall–Kier alpha value is -1.35. The maximum Gasteiger partial charge on any atom is 0.263 e. The number of anilines is 2. The fraction of sp³-hybridized carbons (Fsp3) is 0.214. The summed E-state index contributed by atoms with van der Waals surface area (Å²) in [4.78, 5) is 4.25. The van der Waals surface area contributed by atoms with E-state index in [1.807, 2.05) is 12.1 Å². The molecule has 112 valence electrons. The first-order valence-corrected chi connectivity index (χ1v) is 9.06. The Balaban J connectivity index is 2.13. The second kappa shape index (κ2) is 7.08. The van der Waals surface area contributed by atoms with Gasteiger partial charge in [-0.1, -0.05) is 6.92 Å². The van der Waals surface area contributed by atoms with E-state index in [2.05, 4.69) is 44.5 Å². The number of pyridine rings is 1. The zero-order chi connectivity index (χ0) is 15.3. The molecule has 2 aromatic rings. The van der Waals surface area contributed by atoms with E-state index in [0.717, 1.165) is 16.5 Å². The van der Waals surface area contributed by atoms with Crippen LogP contribution in [0.1, 0.15) is 13.3 Å². The molecule has 5 nitrogen and oxygen atoms in total. The summed E-state index contributed by atoms with van der Waals surface area (Å²) in [6.45, 7) is 2.86. The highest BCUT2D eigenvalue weighted by Crippen LogP contribution is 2.17. The van der Waals surface area contributed by atoms with Crippen molar-refractivity contribution < 1.29 is 8.42 Å². The van der Waals surface area contributed by atoms with Crippen LogP contribution in [0.25, 0.3) is 0 Å². The lowest BCUT2D eigenvalue weighted by Gasteiger charge is -2.09. The van der Waals surface area contributed by atoms with Crippen LogP contribution in [0.2, 0.25) is 0 Å². The molecule has 0 aliphatic heterocycles. The first-order valence-electron chi connectivity index (χ1n) is 6.49. The topological polar surface area (TPSA) is 71.1 Å². The Labute approximate surface area is 138 Å². The molecule has 0 saturated carbocycles. The zero-order valence-electron chi connectivity index (χ0n) is 11.5. The molecule has 1 aromatic carbocycles. The van der Waals surface area contributed by atoms with Gasteiger partial charge < -0.3 is 5.32 Å². The molecule has 0 spiro atoms. The number of benzene rings is 1. The fourth-order valence-electron chi connectivity index (χ4n) is 1.63. The first kappa shape index (κ1) is 16.0. The number of hydrogen-bond donors (Lipinski definition) is 2. The largest absolute Gasteiger partial charge is 0.370 e. The van der Waals surface area contributed by atoms with Gasteiger partial charge in [-0.05, 0) is 65.4 Å². The summed E-state index contributed by atoms with van der Waals surface area (Å²) in [6, 6.07) is 10.3. The average Bonchev–Trinajstić information content (AvgIpc) is 2.48. The molecular formula is C14H16IN3O2S. The van der Waals surface area contributed by atoms with Crippen molar-refractivity contribution in [1.29, 1.82) is 0 Å². The van der Waals surface area contributed by atoms with Crippen molar-refractivity contribution in [2.75, 3.05) is 16.6 Å². The van der Waals surface area contributed by atoms with Crippen molar-refractivity contribution in [2.45, 2.75) is 18.2 Å². The Morgan fingerprint density at radius 1 is 1.14 bits per heavy atom. The molecule has 0 saturated heterocycles. The smallest absolute Gasteiger partial charge is 0.263 e. The SMILES string of the molecule is CCCNc1ccc(S(=O)(=O)Nc2ccc(I)cc2)cn1. The summed E-state index contributed by atoms with van der Waals surface area (Å²) in [5.74, 6) is 0.671. The molecule has 0 radical (unpaired) electrons. The van der Waals surface area contributed by atoms with Crippen LogP contribution in [0.3, 0.4) is 0 Å². The summed E-state index contributed by atoms with van der Waals surface area (Å²) in [6.07, 6.45) is 2.34. The van der Waals surface area contributed by atoms with Crippen LogP contribution in [0, 0.1) is 3.57 Å². The van der Waals surface area contributed by atoms with Crippen molar-refractivity contribution >= 4 is 44.1 Å². The molecule has 7 heteroatoms. The Bertz CT molecular complexity index is 685. The van der Waals surface area contributed by atoms with Crippen LogP contribution in [-0.4, -0.2) is 19.9 Å². The zero-order valence-corrected chi connectivity index (χ0v) is 14.5. The molecule has 0 aliphatic rings. The van der Waals surface area contributed by atoms with Crippen LogP contribution in [-0.2, 0) is 10.0 Å². The molecule has 0 unspecified atom stereocenters. The molecular weight excluding hydrogens is 401 g/mol. The number of rotatable bonds is 6. The molecule has 0 atom stereocenters. The van der Waals surface area contributed by atoms with E-state index in [-0.39, 0.29) is 4.90 Å². The quantitative estimate of drug-likeness (QED) is 0.708. The number of aromatic nitrogens is 1. The number of nitrogens with zero attached hydrogens (tertiary/aromatic N) is 1. The second-order valence-corrected chi connectivity index (χ2v) is 7.35. The predicted molar refractivity (Wildman–Crippen MR) is 93.0 cm³/mol. The van der Waals surface area contributed by atoms with Gasteiger partial charge in [0.25, 0.3) is 10.0 Å². The Morgan fingerprint density at radius 3 is 2.43 bits per heavy atom. The molecule has 1 heterocycles. The van der Waals surface area contributed by atoms with Crippen molar-refractivity contribution in [2.24, 2.45) is 0 Å². The van der Waals surface area contributed by atoms with Gasteiger partial charge >= 0.3 is 0 Å². The van der Waals surface area contributed by atoms with Gasteiger partial charge in [0.15, 0.2) is 0 Å². The number of sulfonamides is 1. The van der Waals surface area contributed by atoms with E-state index >= 15 is 0 Å². The molecule has 1 aromatic heterocycles. The van der Waals surface area contributed by atoms with Crippen LogP contribution in [0.5, 0.6) is 0 Å². The van der Waals surface area contributed by atoms with E-state index < -0.39 is 10.0 Å². The van der Waals surface area contributed by atoms with Gasteiger partial charge in [-0.15, -0.1) is 0 Å². The molecule has 0 amide bonds. The lowest BCUT2D eigenvalue weighted by Crippen LogP contribution is -2.13. The highest BCUT2D eigenvalue weighted by Gasteiger charge is 2.14. The van der Waals surface area contributed by atoms with Crippen molar-refractivity contribution in [3.63, 3.8) is 0 Å². The minimum Gasteiger partial charge on any atom is -0.370 e. The van der Waals surface area contributed by atoms with E-state index in [0.29, 0.717) is 11.5 Å². The van der Waals surface area contributed by atoms with Gasteiger partial charge in [-0.2, -0.15) is 0 Å². The van der Waals surface area contributed by atoms with Crippen LogP contribution in [0.15, 0.2) is 47.5 Å². The number of hydrogen-bond acceptors (Lipinski definition) is 4. The van der Waals surface area contributed by atoms with Gasteiger partial charge in [0.05, 0.1) is 0 Å². The minimum atomic E-state index is -3.61. The molecule has 2 N–H and O–H groups in total. The summed E-state index contributed by atoms with van der Waals surface area (Å²) in [7, 11) is -3.61. The summed E-state index contributed by atoms with van der Waals surface area (Å²) in [5.41, 5.74) is 0.531. The van der Waals surface area contributed by atoms with Crippen LogP contribution in [0.4, 0.5) is 11.5 Å². The minimum absolute atomic E-state index is 0.142. The van der Waals surface area contributed by atoms with Gasteiger partial charge in [-0.25, -0.2) is 13.4 Å². The maximum atomic E-state index is 12.2. The Kier molecular flexibility index (Phi) is 5.40. The first-order chi connectivity index (χ1) is 10.0. The van der Waals surface area contributed by atoms with Gasteiger partial charge in [0.1, 0.15) is 10.7 Å². The van der Waals surface area contributed by atoms with E-state index in [1.54, 1.807) is 24.3 Å². The van der Waals surface area contributed by atoms with Gasteiger partial charge in [0, 0.05) is 22.0 Å². The number of nitrogens with one attached hydrogen (secondary N) is 2. The lowest BCUT2D eigenvalue weighted by molar-refractivity contribution is 0.601. The van der Waals surface area contributed by atoms with Crippen LogP contribution < -0.4 is 10.0 Å². The number of halogens is 1. The molecule has 0 bridgehead atoms. The molecule has 0 fully saturated rings. The van der Waals surface area contributed by atoms with Crippen LogP contribution >= 0.6 is 22.6 Å². The molecule has 21 heavy (non-hydrogen) atoms. The fourth-order valence-corrected chi connectivity index (χ4v) is 2.99. The van der Waals surface area contributed by atoms with Gasteiger partial charge in [0.2, 0.25) is 0 Å². The molecule has 0 aliphatic carbocycles. The third kappa shape index (κ3) is 4.57. The van der Waals surface area contributed by atoms with Crippen molar-refractivity contribution in [3.8, 4) is 0 Å².